The molecule has 47 heavy (non-hydrogen) atoms. The zero-order valence-electron chi connectivity index (χ0n) is 31.6. The Morgan fingerprint density at radius 2 is 1.30 bits per heavy atom. The summed E-state index contributed by atoms with van der Waals surface area (Å²) in [7, 11) is 1.50. The molecular weight excluding hydrogens is 622 g/mol. The van der Waals surface area contributed by atoms with E-state index in [0.29, 0.717) is 25.7 Å². The monoisotopic (exact) mass is 691 g/mol. The smallest absolute Gasteiger partial charge is 0.382 e. The van der Waals surface area contributed by atoms with E-state index < -0.39 is 30.3 Å². The molecule has 1 aliphatic rings. The minimum atomic E-state index is -4.71. The molecule has 10 heteroatoms. The molecule has 1 fully saturated rings. The highest BCUT2D eigenvalue weighted by Crippen LogP contribution is 2.57. The van der Waals surface area contributed by atoms with Gasteiger partial charge in [0.05, 0.1) is 13.2 Å². The first-order chi connectivity index (χ1) is 21.0. The fourth-order valence-corrected chi connectivity index (χ4v) is 7.49. The van der Waals surface area contributed by atoms with Gasteiger partial charge in [-0.25, -0.2) is 0 Å². The number of aliphatic hydroxyl groups is 1. The summed E-state index contributed by atoms with van der Waals surface area (Å²) < 4.78 is 101. The SMILES string of the molecule is CCC(C)(CCC(C)(C)CC(CCC(C)(C)C)CC(C)(O)C(F)(F)F)CC1CC(OCOCCOC)(C(F)(F)F)CC1CC(C)(C)C. The average molecular weight is 691 g/mol. The van der Waals surface area contributed by atoms with Crippen LogP contribution in [0.4, 0.5) is 26.3 Å². The average Bonchev–Trinajstić information content (AvgIpc) is 3.20. The molecule has 4 nitrogen and oxygen atoms in total. The van der Waals surface area contributed by atoms with Crippen molar-refractivity contribution in [3.8, 4) is 0 Å². The summed E-state index contributed by atoms with van der Waals surface area (Å²) in [4.78, 5) is 0. The Kier molecular flexibility index (Phi) is 15.7. The maximum Gasteiger partial charge on any atom is 0.417 e. The topological polar surface area (TPSA) is 47.9 Å². The van der Waals surface area contributed by atoms with Crippen LogP contribution in [0.5, 0.6) is 0 Å². The molecule has 0 aromatic carbocycles. The Bertz CT molecular complexity index is 918. The molecule has 0 aromatic heterocycles. The lowest BCUT2D eigenvalue weighted by Gasteiger charge is -2.39. The van der Waals surface area contributed by atoms with E-state index in [2.05, 4.69) is 69.2 Å². The van der Waals surface area contributed by atoms with Gasteiger partial charge in [-0.3, -0.25) is 0 Å². The Morgan fingerprint density at radius 1 is 0.745 bits per heavy atom. The Hall–Kier alpha value is -0.580. The zero-order valence-corrected chi connectivity index (χ0v) is 31.6. The molecule has 282 valence electrons. The van der Waals surface area contributed by atoms with Crippen LogP contribution >= 0.6 is 0 Å². The normalized spacial score (nSPS) is 25.1. The molecule has 1 rings (SSSR count). The highest BCUT2D eigenvalue weighted by Gasteiger charge is 2.63. The molecule has 0 spiro atoms. The van der Waals surface area contributed by atoms with Crippen molar-refractivity contribution in [1.82, 2.24) is 0 Å². The maximum atomic E-state index is 14.7. The number of alkyl halides is 6. The van der Waals surface area contributed by atoms with Crippen molar-refractivity contribution in [1.29, 1.82) is 0 Å². The predicted octanol–water partition coefficient (Wildman–Crippen LogP) is 11.5. The van der Waals surface area contributed by atoms with Crippen LogP contribution in [-0.2, 0) is 14.2 Å². The van der Waals surface area contributed by atoms with Crippen molar-refractivity contribution in [3.63, 3.8) is 0 Å². The molecule has 0 heterocycles. The first kappa shape index (κ1) is 44.4. The van der Waals surface area contributed by atoms with Crippen LogP contribution in [0.15, 0.2) is 0 Å². The number of methoxy groups -OCH3 is 1. The van der Waals surface area contributed by atoms with E-state index in [9.17, 15) is 31.4 Å². The number of hydrogen-bond donors (Lipinski definition) is 1. The van der Waals surface area contributed by atoms with E-state index in [-0.39, 0.29) is 71.9 Å². The van der Waals surface area contributed by atoms with E-state index in [1.165, 1.54) is 7.11 Å². The highest BCUT2D eigenvalue weighted by molar-refractivity contribution is 5.03. The molecule has 0 aliphatic heterocycles. The minimum Gasteiger partial charge on any atom is -0.382 e. The van der Waals surface area contributed by atoms with Gasteiger partial charge in [0.25, 0.3) is 0 Å². The van der Waals surface area contributed by atoms with Crippen molar-refractivity contribution < 1.29 is 45.7 Å². The van der Waals surface area contributed by atoms with E-state index in [1.54, 1.807) is 0 Å². The Balaban J connectivity index is 3.19. The fraction of sp³-hybridized carbons (Fsp3) is 1.00. The van der Waals surface area contributed by atoms with Gasteiger partial charge < -0.3 is 19.3 Å². The van der Waals surface area contributed by atoms with Gasteiger partial charge in [-0.2, -0.15) is 26.3 Å². The van der Waals surface area contributed by atoms with E-state index in [4.69, 9.17) is 14.2 Å². The van der Waals surface area contributed by atoms with Crippen LogP contribution < -0.4 is 0 Å². The molecule has 1 saturated carbocycles. The molecular formula is C37H68F6O4. The summed E-state index contributed by atoms with van der Waals surface area (Å²) >= 11 is 0. The van der Waals surface area contributed by atoms with E-state index in [0.717, 1.165) is 32.6 Å². The molecule has 6 atom stereocenters. The van der Waals surface area contributed by atoms with Crippen molar-refractivity contribution in [3.05, 3.63) is 0 Å². The van der Waals surface area contributed by atoms with Crippen LogP contribution in [0.3, 0.4) is 0 Å². The molecule has 6 unspecified atom stereocenters. The Morgan fingerprint density at radius 3 is 1.74 bits per heavy atom. The fourth-order valence-electron chi connectivity index (χ4n) is 7.49. The highest BCUT2D eigenvalue weighted by atomic mass is 19.4. The quantitative estimate of drug-likeness (QED) is 0.0833. The second-order valence-corrected chi connectivity index (χ2v) is 18.5. The molecule has 1 N–H and O–H groups in total. The van der Waals surface area contributed by atoms with Gasteiger partial charge in [0.15, 0.2) is 11.2 Å². The predicted molar refractivity (Wildman–Crippen MR) is 177 cm³/mol. The number of halogens is 6. The number of hydrogen-bond acceptors (Lipinski definition) is 4. The van der Waals surface area contributed by atoms with Crippen LogP contribution in [-0.4, -0.2) is 55.8 Å². The second kappa shape index (κ2) is 16.6. The number of ether oxygens (including phenoxy) is 3. The second-order valence-electron chi connectivity index (χ2n) is 18.5. The van der Waals surface area contributed by atoms with E-state index >= 15 is 0 Å². The summed E-state index contributed by atoms with van der Waals surface area (Å²) in [6, 6.07) is 0. The summed E-state index contributed by atoms with van der Waals surface area (Å²) in [6.07, 6.45) is -4.49. The summed E-state index contributed by atoms with van der Waals surface area (Å²) in [5.74, 6) is -0.708. The molecule has 0 amide bonds. The molecule has 0 radical (unpaired) electrons. The van der Waals surface area contributed by atoms with Gasteiger partial charge in [0, 0.05) is 7.11 Å². The lowest BCUT2D eigenvalue weighted by molar-refractivity contribution is -0.298. The molecule has 0 saturated heterocycles. The van der Waals surface area contributed by atoms with Gasteiger partial charge >= 0.3 is 12.4 Å². The van der Waals surface area contributed by atoms with Gasteiger partial charge in [0.1, 0.15) is 6.79 Å². The maximum absolute atomic E-state index is 14.7. The van der Waals surface area contributed by atoms with Crippen LogP contribution in [0, 0.1) is 39.4 Å². The first-order valence-electron chi connectivity index (χ1n) is 17.6. The van der Waals surface area contributed by atoms with Crippen molar-refractivity contribution in [2.45, 2.75) is 170 Å². The Labute approximate surface area is 282 Å². The third kappa shape index (κ3) is 15.1. The van der Waals surface area contributed by atoms with Gasteiger partial charge in [0.2, 0.25) is 0 Å². The summed E-state index contributed by atoms with van der Waals surface area (Å²) in [5, 5.41) is 10.4. The zero-order chi connectivity index (χ0) is 36.8. The van der Waals surface area contributed by atoms with Crippen LogP contribution in [0.2, 0.25) is 0 Å². The van der Waals surface area contributed by atoms with Crippen LogP contribution in [0.25, 0.3) is 0 Å². The van der Waals surface area contributed by atoms with Crippen LogP contribution in [0.1, 0.15) is 147 Å². The van der Waals surface area contributed by atoms with Gasteiger partial charge in [-0.15, -0.1) is 0 Å². The van der Waals surface area contributed by atoms with Gasteiger partial charge in [-0.1, -0.05) is 75.7 Å². The molecule has 0 bridgehead atoms. The first-order valence-corrected chi connectivity index (χ1v) is 17.6. The van der Waals surface area contributed by atoms with Crippen molar-refractivity contribution in [2.75, 3.05) is 27.1 Å². The summed E-state index contributed by atoms with van der Waals surface area (Å²) in [5.41, 5.74) is -5.83. The third-order valence-corrected chi connectivity index (χ3v) is 10.5. The summed E-state index contributed by atoms with van der Waals surface area (Å²) in [6.45, 7) is 21.5. The van der Waals surface area contributed by atoms with Crippen molar-refractivity contribution in [2.24, 2.45) is 39.4 Å². The lowest BCUT2D eigenvalue weighted by atomic mass is 9.67. The van der Waals surface area contributed by atoms with Gasteiger partial charge in [-0.05, 0) is 111 Å². The van der Waals surface area contributed by atoms with Crippen molar-refractivity contribution >= 4 is 0 Å². The lowest BCUT2D eigenvalue weighted by Crippen LogP contribution is -2.46. The minimum absolute atomic E-state index is 0.0520. The third-order valence-electron chi connectivity index (χ3n) is 10.5. The number of rotatable bonds is 19. The molecule has 1 aliphatic carbocycles. The van der Waals surface area contributed by atoms with E-state index in [1.807, 2.05) is 0 Å². The largest absolute Gasteiger partial charge is 0.417 e. The molecule has 0 aromatic rings. The standard InChI is InChI=1S/C37H68F6O4/c1-13-33(10,17-16-32(8,9)20-27(14-15-30(2,3)4)21-34(11,44)36(38,39)40)23-29-25-35(37(41,42)43,47-26-46-19-18-45-12)24-28(29)22-31(5,6)7/h27-29,44H,13-26H2,1-12H3.